The molecule has 1 saturated carbocycles. The lowest BCUT2D eigenvalue weighted by Gasteiger charge is -2.51. The molecule has 0 radical (unpaired) electrons. The first-order valence-corrected chi connectivity index (χ1v) is 6.94. The van der Waals surface area contributed by atoms with Crippen LogP contribution in [-0.4, -0.2) is 29.3 Å². The topological polar surface area (TPSA) is 20.3 Å². The molecule has 2 bridgehead atoms. The Morgan fingerprint density at radius 2 is 1.81 bits per heavy atom. The highest BCUT2D eigenvalue weighted by atomic mass is 16.1. The number of fused-ring (bicyclic) bond motifs is 2. The van der Waals surface area contributed by atoms with Crippen LogP contribution < -0.4 is 0 Å². The third kappa shape index (κ3) is 1.81. The van der Waals surface area contributed by atoms with Crippen molar-refractivity contribution in [1.29, 1.82) is 0 Å². The number of hydrogen-bond acceptors (Lipinski definition) is 2. The van der Waals surface area contributed by atoms with Crippen LogP contribution in [-0.2, 0) is 4.79 Å². The van der Waals surface area contributed by atoms with E-state index >= 15 is 0 Å². The van der Waals surface area contributed by atoms with E-state index in [1.54, 1.807) is 0 Å². The van der Waals surface area contributed by atoms with Crippen LogP contribution in [0.5, 0.6) is 0 Å². The number of rotatable bonds is 2. The molecular weight excluding hydrogens is 198 g/mol. The number of Topliss-reactive ketones (excluding diaryl/α,β-unsaturated/α-hetero) is 1. The largest absolute Gasteiger partial charge is 0.300 e. The summed E-state index contributed by atoms with van der Waals surface area (Å²) < 4.78 is 0. The Hall–Kier alpha value is -0.370. The third-order valence-electron chi connectivity index (χ3n) is 5.06. The monoisotopic (exact) mass is 221 g/mol. The summed E-state index contributed by atoms with van der Waals surface area (Å²) >= 11 is 0. The Balaban J connectivity index is 1.71. The zero-order valence-electron chi connectivity index (χ0n) is 10.4. The molecule has 2 heteroatoms. The Morgan fingerprint density at radius 1 is 1.19 bits per heavy atom. The predicted octanol–water partition coefficient (Wildman–Crippen LogP) is 2.76. The molecule has 2 unspecified atom stereocenters. The molecule has 3 rings (SSSR count). The van der Waals surface area contributed by atoms with E-state index < -0.39 is 0 Å². The van der Waals surface area contributed by atoms with Gasteiger partial charge in [-0.25, -0.2) is 0 Å². The lowest BCUT2D eigenvalue weighted by molar-refractivity contribution is -0.129. The molecule has 0 amide bonds. The molecule has 0 spiro atoms. The normalized spacial score (nSPS) is 38.2. The maximum atomic E-state index is 11.6. The maximum absolute atomic E-state index is 11.6. The molecule has 3 aliphatic rings. The molecule has 2 heterocycles. The van der Waals surface area contributed by atoms with Crippen LogP contribution in [0.2, 0.25) is 0 Å². The Bertz CT molecular complexity index is 279. The number of nitrogens with zero attached hydrogens (tertiary/aromatic N) is 1. The van der Waals surface area contributed by atoms with E-state index in [9.17, 15) is 4.79 Å². The molecular formula is C14H23NO. The van der Waals surface area contributed by atoms with Gasteiger partial charge in [0.15, 0.2) is 0 Å². The number of hydrogen-bond donors (Lipinski definition) is 0. The van der Waals surface area contributed by atoms with Crippen LogP contribution >= 0.6 is 0 Å². The molecule has 1 aliphatic carbocycles. The minimum absolute atomic E-state index is 0.518. The molecule has 2 aliphatic heterocycles. The number of ketones is 1. The summed E-state index contributed by atoms with van der Waals surface area (Å²) in [6.45, 7) is 3.69. The summed E-state index contributed by atoms with van der Waals surface area (Å²) in [7, 11) is 0. The second-order valence-corrected chi connectivity index (χ2v) is 6.52. The predicted molar refractivity (Wildman–Crippen MR) is 64.3 cm³/mol. The minimum Gasteiger partial charge on any atom is -0.300 e. The molecule has 2 atom stereocenters. The van der Waals surface area contributed by atoms with Gasteiger partial charge < -0.3 is 0 Å². The van der Waals surface area contributed by atoms with Gasteiger partial charge in [0, 0.05) is 31.5 Å². The fraction of sp³-hybridized carbons (Fsp3) is 0.929. The van der Waals surface area contributed by atoms with Gasteiger partial charge in [-0.05, 0) is 31.1 Å². The van der Waals surface area contributed by atoms with Gasteiger partial charge in [0.05, 0.1) is 0 Å². The molecule has 3 fully saturated rings. The second-order valence-electron chi connectivity index (χ2n) is 6.52. The zero-order valence-corrected chi connectivity index (χ0v) is 10.4. The van der Waals surface area contributed by atoms with Crippen molar-refractivity contribution in [3.8, 4) is 0 Å². The summed E-state index contributed by atoms with van der Waals surface area (Å²) in [5.74, 6) is 0.518. The van der Waals surface area contributed by atoms with Gasteiger partial charge in [-0.3, -0.25) is 9.69 Å². The fourth-order valence-electron chi connectivity index (χ4n) is 3.90. The first kappa shape index (κ1) is 10.8. The minimum atomic E-state index is 0.518. The SMILES string of the molecule is CC1(CN2C3CCCC2CC(=O)C3)CCC1. The Kier molecular flexibility index (Phi) is 2.58. The molecule has 90 valence electrons. The first-order valence-electron chi connectivity index (χ1n) is 6.94. The van der Waals surface area contributed by atoms with Crippen LogP contribution in [0.25, 0.3) is 0 Å². The van der Waals surface area contributed by atoms with E-state index in [-0.39, 0.29) is 0 Å². The average molecular weight is 221 g/mol. The van der Waals surface area contributed by atoms with E-state index in [1.165, 1.54) is 45.1 Å². The van der Waals surface area contributed by atoms with Crippen LogP contribution in [0.4, 0.5) is 0 Å². The van der Waals surface area contributed by atoms with Gasteiger partial charge in [-0.15, -0.1) is 0 Å². The van der Waals surface area contributed by atoms with Crippen molar-refractivity contribution in [1.82, 2.24) is 4.90 Å². The lowest BCUT2D eigenvalue weighted by Crippen LogP contribution is -2.56. The Labute approximate surface area is 98.4 Å². The summed E-state index contributed by atoms with van der Waals surface area (Å²) in [6.07, 6.45) is 9.76. The van der Waals surface area contributed by atoms with E-state index in [0.29, 0.717) is 23.3 Å². The van der Waals surface area contributed by atoms with Crippen LogP contribution in [0, 0.1) is 5.41 Å². The summed E-state index contributed by atoms with van der Waals surface area (Å²) in [5, 5.41) is 0. The first-order chi connectivity index (χ1) is 7.66. The number of piperidine rings is 2. The quantitative estimate of drug-likeness (QED) is 0.714. The van der Waals surface area contributed by atoms with Gasteiger partial charge in [-0.2, -0.15) is 0 Å². The third-order valence-corrected chi connectivity index (χ3v) is 5.06. The van der Waals surface area contributed by atoms with E-state index in [0.717, 1.165) is 12.8 Å². The fourth-order valence-corrected chi connectivity index (χ4v) is 3.90. The average Bonchev–Trinajstić information content (AvgIpc) is 2.17. The summed E-state index contributed by atoms with van der Waals surface area (Å²) in [6, 6.07) is 1.19. The standard InChI is InChI=1S/C14H23NO/c1-14(6-3-7-14)10-15-11-4-2-5-12(15)9-13(16)8-11/h11-12H,2-10H2,1H3. The second kappa shape index (κ2) is 3.83. The smallest absolute Gasteiger partial charge is 0.136 e. The van der Waals surface area contributed by atoms with Crippen molar-refractivity contribution in [2.75, 3.05) is 6.54 Å². The van der Waals surface area contributed by atoms with Crippen LogP contribution in [0.15, 0.2) is 0 Å². The van der Waals surface area contributed by atoms with Gasteiger partial charge in [-0.1, -0.05) is 19.8 Å². The van der Waals surface area contributed by atoms with Crippen LogP contribution in [0.1, 0.15) is 58.3 Å². The van der Waals surface area contributed by atoms with Gasteiger partial charge in [0.1, 0.15) is 5.78 Å². The highest BCUT2D eigenvalue weighted by Gasteiger charge is 2.42. The number of carbonyl (C=O) groups is 1. The molecule has 2 nitrogen and oxygen atoms in total. The van der Waals surface area contributed by atoms with Crippen molar-refractivity contribution in [3.05, 3.63) is 0 Å². The molecule has 0 aromatic carbocycles. The van der Waals surface area contributed by atoms with Gasteiger partial charge in [0.25, 0.3) is 0 Å². The van der Waals surface area contributed by atoms with Crippen molar-refractivity contribution >= 4 is 5.78 Å². The highest BCUT2D eigenvalue weighted by molar-refractivity contribution is 5.80. The molecule has 0 aromatic rings. The lowest BCUT2D eigenvalue weighted by atomic mass is 9.69. The van der Waals surface area contributed by atoms with Crippen LogP contribution in [0.3, 0.4) is 0 Å². The Morgan fingerprint density at radius 3 is 2.31 bits per heavy atom. The summed E-state index contributed by atoms with van der Waals surface area (Å²) in [4.78, 5) is 14.3. The van der Waals surface area contributed by atoms with Crippen molar-refractivity contribution in [3.63, 3.8) is 0 Å². The summed E-state index contributed by atoms with van der Waals surface area (Å²) in [5.41, 5.74) is 0.578. The zero-order chi connectivity index (χ0) is 11.2. The number of carbonyl (C=O) groups excluding carboxylic acids is 1. The van der Waals surface area contributed by atoms with Gasteiger partial charge >= 0.3 is 0 Å². The highest BCUT2D eigenvalue weighted by Crippen LogP contribution is 2.44. The molecule has 16 heavy (non-hydrogen) atoms. The molecule has 0 aromatic heterocycles. The molecule has 0 N–H and O–H groups in total. The van der Waals surface area contributed by atoms with Crippen molar-refractivity contribution in [2.45, 2.75) is 70.4 Å². The van der Waals surface area contributed by atoms with E-state index in [1.807, 2.05) is 0 Å². The van der Waals surface area contributed by atoms with Crippen molar-refractivity contribution < 1.29 is 4.79 Å². The van der Waals surface area contributed by atoms with Crippen molar-refractivity contribution in [2.24, 2.45) is 5.41 Å². The maximum Gasteiger partial charge on any atom is 0.136 e. The molecule has 2 saturated heterocycles. The van der Waals surface area contributed by atoms with E-state index in [4.69, 9.17) is 0 Å². The van der Waals surface area contributed by atoms with E-state index in [2.05, 4.69) is 11.8 Å². The van der Waals surface area contributed by atoms with Gasteiger partial charge in [0.2, 0.25) is 0 Å².